The molecule has 0 fully saturated rings. The monoisotopic (exact) mass is 336 g/mol. The molecule has 1 aliphatic heterocycles. The lowest BCUT2D eigenvalue weighted by Gasteiger charge is -2.32. The largest absolute Gasteiger partial charge is 0.341 e. The number of H-pyrrole nitrogens is 1. The van der Waals surface area contributed by atoms with E-state index < -0.39 is 0 Å². The fraction of sp³-hybridized carbons (Fsp3) is 0.316. The second kappa shape index (κ2) is 6.20. The summed E-state index contributed by atoms with van der Waals surface area (Å²) in [6.07, 6.45) is 5.41. The van der Waals surface area contributed by atoms with E-state index in [1.165, 1.54) is 0 Å². The van der Waals surface area contributed by atoms with Crippen LogP contribution in [0.15, 0.2) is 47.5 Å². The fourth-order valence-electron chi connectivity index (χ4n) is 3.60. The summed E-state index contributed by atoms with van der Waals surface area (Å²) < 4.78 is 1.75. The van der Waals surface area contributed by atoms with Gasteiger partial charge in [0.25, 0.3) is 0 Å². The van der Waals surface area contributed by atoms with E-state index in [0.717, 1.165) is 28.6 Å². The molecule has 6 nitrogen and oxygen atoms in total. The summed E-state index contributed by atoms with van der Waals surface area (Å²) in [7, 11) is 1.83. The van der Waals surface area contributed by atoms with Crippen molar-refractivity contribution in [3.05, 3.63) is 64.3 Å². The maximum Gasteiger partial charge on any atom is 0.326 e. The van der Waals surface area contributed by atoms with Crippen LogP contribution in [0.4, 0.5) is 0 Å². The van der Waals surface area contributed by atoms with Gasteiger partial charge in [0.15, 0.2) is 0 Å². The molecule has 0 saturated carbocycles. The van der Waals surface area contributed by atoms with Gasteiger partial charge in [-0.15, -0.1) is 0 Å². The molecule has 3 aromatic rings. The number of nitrogens with one attached hydrogen (secondary N) is 1. The van der Waals surface area contributed by atoms with Gasteiger partial charge < -0.3 is 9.88 Å². The number of carbonyl (C=O) groups is 1. The Morgan fingerprint density at radius 2 is 2.24 bits per heavy atom. The van der Waals surface area contributed by atoms with Gasteiger partial charge in [0.2, 0.25) is 5.91 Å². The SMILES string of the molecule is CN(C(=O)CCc1cccnc1)[C@@H]1Cc2cccc3[nH]c(=O)n(c23)C1. The summed E-state index contributed by atoms with van der Waals surface area (Å²) >= 11 is 0. The molecule has 6 heteroatoms. The van der Waals surface area contributed by atoms with E-state index in [1.807, 2.05) is 37.4 Å². The highest BCUT2D eigenvalue weighted by molar-refractivity contribution is 5.80. The highest BCUT2D eigenvalue weighted by Gasteiger charge is 2.27. The van der Waals surface area contributed by atoms with Crippen LogP contribution in [0.5, 0.6) is 0 Å². The van der Waals surface area contributed by atoms with Gasteiger partial charge in [-0.3, -0.25) is 14.3 Å². The van der Waals surface area contributed by atoms with Gasteiger partial charge >= 0.3 is 5.69 Å². The predicted octanol–water partition coefficient (Wildman–Crippen LogP) is 1.74. The lowest BCUT2D eigenvalue weighted by atomic mass is 9.99. The summed E-state index contributed by atoms with van der Waals surface area (Å²) in [6, 6.07) is 9.75. The summed E-state index contributed by atoms with van der Waals surface area (Å²) in [4.78, 5) is 33.6. The number of aromatic nitrogens is 3. The molecule has 0 bridgehead atoms. The maximum absolute atomic E-state index is 12.6. The van der Waals surface area contributed by atoms with Gasteiger partial charge in [-0.1, -0.05) is 18.2 Å². The quantitative estimate of drug-likeness (QED) is 0.789. The summed E-state index contributed by atoms with van der Waals surface area (Å²) in [5, 5.41) is 0. The molecule has 0 spiro atoms. The van der Waals surface area contributed by atoms with Crippen molar-refractivity contribution in [2.75, 3.05) is 7.05 Å². The zero-order valence-electron chi connectivity index (χ0n) is 14.1. The Bertz CT molecular complexity index is 974. The van der Waals surface area contributed by atoms with E-state index in [2.05, 4.69) is 9.97 Å². The molecule has 1 aromatic carbocycles. The van der Waals surface area contributed by atoms with E-state index in [0.29, 0.717) is 19.4 Å². The zero-order chi connectivity index (χ0) is 17.4. The molecule has 0 radical (unpaired) electrons. The fourth-order valence-corrected chi connectivity index (χ4v) is 3.60. The number of pyridine rings is 1. The third-order valence-corrected chi connectivity index (χ3v) is 5.02. The Kier molecular flexibility index (Phi) is 3.87. The van der Waals surface area contributed by atoms with Crippen LogP contribution >= 0.6 is 0 Å². The average molecular weight is 336 g/mol. The van der Waals surface area contributed by atoms with Crippen molar-refractivity contribution in [3.8, 4) is 0 Å². The average Bonchev–Trinajstić information content (AvgIpc) is 2.97. The van der Waals surface area contributed by atoms with Crippen LogP contribution in [0, 0.1) is 0 Å². The van der Waals surface area contributed by atoms with Crippen LogP contribution in [-0.4, -0.2) is 38.4 Å². The molecule has 0 saturated heterocycles. The van der Waals surface area contributed by atoms with E-state index in [4.69, 9.17) is 0 Å². The van der Waals surface area contributed by atoms with Gasteiger partial charge in [0.1, 0.15) is 0 Å². The van der Waals surface area contributed by atoms with E-state index >= 15 is 0 Å². The van der Waals surface area contributed by atoms with Gasteiger partial charge in [0, 0.05) is 32.4 Å². The van der Waals surface area contributed by atoms with E-state index in [1.54, 1.807) is 21.9 Å². The number of carbonyl (C=O) groups excluding carboxylic acids is 1. The molecule has 0 unspecified atom stereocenters. The highest BCUT2D eigenvalue weighted by atomic mass is 16.2. The van der Waals surface area contributed by atoms with Crippen molar-refractivity contribution >= 4 is 16.9 Å². The summed E-state index contributed by atoms with van der Waals surface area (Å²) in [5.74, 6) is 0.0908. The molecule has 1 N–H and O–H groups in total. The number of amides is 1. The second-order valence-electron chi connectivity index (χ2n) is 6.58. The highest BCUT2D eigenvalue weighted by Crippen LogP contribution is 2.24. The van der Waals surface area contributed by atoms with E-state index in [9.17, 15) is 9.59 Å². The van der Waals surface area contributed by atoms with Gasteiger partial charge in [-0.05, 0) is 36.1 Å². The predicted molar refractivity (Wildman–Crippen MR) is 95.4 cm³/mol. The summed E-state index contributed by atoms with van der Waals surface area (Å²) in [6.45, 7) is 0.533. The standard InChI is InChI=1S/C19H20N4O2/c1-22(17(24)8-7-13-4-3-9-20-11-13)15-10-14-5-2-6-16-18(14)23(12-15)19(25)21-16/h2-6,9,11,15H,7-8,10,12H2,1H3,(H,21,25)/t15-/m1/s1. The van der Waals surface area contributed by atoms with Gasteiger partial charge in [-0.2, -0.15) is 0 Å². The molecule has 1 aliphatic rings. The first-order valence-corrected chi connectivity index (χ1v) is 8.48. The molecular formula is C19H20N4O2. The number of aromatic amines is 1. The first-order valence-electron chi connectivity index (χ1n) is 8.48. The maximum atomic E-state index is 12.6. The van der Waals surface area contributed by atoms with Crippen LogP contribution in [0.1, 0.15) is 17.5 Å². The molecule has 4 rings (SSSR count). The number of likely N-dealkylation sites (N-methyl/N-ethyl adjacent to an activating group) is 1. The molecule has 0 aliphatic carbocycles. The second-order valence-corrected chi connectivity index (χ2v) is 6.58. The Morgan fingerprint density at radius 1 is 1.36 bits per heavy atom. The van der Waals surface area contributed by atoms with Crippen molar-refractivity contribution in [2.24, 2.45) is 0 Å². The number of hydrogen-bond donors (Lipinski definition) is 1. The molecule has 1 amide bonds. The van der Waals surface area contributed by atoms with Crippen LogP contribution < -0.4 is 5.69 Å². The Labute approximate surface area is 145 Å². The molecule has 25 heavy (non-hydrogen) atoms. The number of rotatable bonds is 4. The molecule has 2 aromatic heterocycles. The minimum atomic E-state index is -0.108. The number of para-hydroxylation sites is 1. The third kappa shape index (κ3) is 2.84. The van der Waals surface area contributed by atoms with Crippen LogP contribution in [0.25, 0.3) is 11.0 Å². The number of imidazole rings is 1. The normalized spacial score (nSPS) is 16.1. The topological polar surface area (TPSA) is 71.0 Å². The first-order chi connectivity index (χ1) is 12.1. The Morgan fingerprint density at radius 3 is 3.04 bits per heavy atom. The zero-order valence-corrected chi connectivity index (χ0v) is 14.1. The smallest absolute Gasteiger partial charge is 0.326 e. The summed E-state index contributed by atoms with van der Waals surface area (Å²) in [5.41, 5.74) is 3.90. The lowest BCUT2D eigenvalue weighted by Crippen LogP contribution is -2.44. The lowest BCUT2D eigenvalue weighted by molar-refractivity contribution is -0.132. The van der Waals surface area contributed by atoms with Crippen molar-refractivity contribution in [1.29, 1.82) is 0 Å². The van der Waals surface area contributed by atoms with Crippen LogP contribution in [0.3, 0.4) is 0 Å². The molecule has 1 atom stereocenters. The molecule has 3 heterocycles. The molecule has 128 valence electrons. The number of nitrogens with zero attached hydrogens (tertiary/aromatic N) is 3. The minimum Gasteiger partial charge on any atom is -0.341 e. The van der Waals surface area contributed by atoms with Crippen LogP contribution in [0.2, 0.25) is 0 Å². The molecular weight excluding hydrogens is 316 g/mol. The first kappa shape index (κ1) is 15.6. The van der Waals surface area contributed by atoms with Gasteiger partial charge in [0.05, 0.1) is 17.1 Å². The Hall–Kier alpha value is -2.89. The number of hydrogen-bond acceptors (Lipinski definition) is 3. The van der Waals surface area contributed by atoms with Crippen molar-refractivity contribution in [2.45, 2.75) is 31.8 Å². The van der Waals surface area contributed by atoms with Crippen molar-refractivity contribution < 1.29 is 4.79 Å². The third-order valence-electron chi connectivity index (χ3n) is 5.02. The van der Waals surface area contributed by atoms with E-state index in [-0.39, 0.29) is 17.6 Å². The number of benzene rings is 1. The van der Waals surface area contributed by atoms with Crippen molar-refractivity contribution in [3.63, 3.8) is 0 Å². The van der Waals surface area contributed by atoms with Gasteiger partial charge in [-0.25, -0.2) is 4.79 Å². The Balaban J connectivity index is 1.50. The van der Waals surface area contributed by atoms with Crippen molar-refractivity contribution in [1.82, 2.24) is 19.4 Å². The number of aryl methyl sites for hydroxylation is 1. The minimum absolute atomic E-state index is 0.00648. The van der Waals surface area contributed by atoms with Crippen LogP contribution in [-0.2, 0) is 24.2 Å².